The molecule has 3 rings (SSSR count). The largest absolute Gasteiger partial charge is 0.222 e. The molecule has 0 amide bonds. The quantitative estimate of drug-likeness (QED) is 0.519. The predicted octanol–water partition coefficient (Wildman–Crippen LogP) is -1.33. The van der Waals surface area contributed by atoms with Crippen LogP contribution in [0.5, 0.6) is 0 Å². The summed E-state index contributed by atoms with van der Waals surface area (Å²) in [7, 11) is -4.94. The molecule has 1 aromatic heterocycles. The third-order valence-corrected chi connectivity index (χ3v) is 3.05. The van der Waals surface area contributed by atoms with E-state index in [0.717, 1.165) is 0 Å². The van der Waals surface area contributed by atoms with E-state index in [4.69, 9.17) is 18.6 Å². The fourth-order valence-electron chi connectivity index (χ4n) is 2.23. The molecule has 0 bridgehead atoms. The Labute approximate surface area is 130 Å². The van der Waals surface area contributed by atoms with Gasteiger partial charge >= 0.3 is 0 Å². The van der Waals surface area contributed by atoms with E-state index in [-0.39, 0.29) is 0 Å². The Morgan fingerprint density at radius 1 is 0.727 bits per heavy atom. The molecule has 0 aliphatic rings. The van der Waals surface area contributed by atoms with Crippen molar-refractivity contribution < 1.29 is 33.4 Å². The summed E-state index contributed by atoms with van der Waals surface area (Å²) in [6, 6.07) is 23.3. The van der Waals surface area contributed by atoms with E-state index in [9.17, 15) is 0 Å². The van der Waals surface area contributed by atoms with Crippen molar-refractivity contribution in [2.75, 3.05) is 0 Å². The first-order valence-electron chi connectivity index (χ1n) is 6.44. The van der Waals surface area contributed by atoms with Gasteiger partial charge in [0, 0.05) is 36.6 Å². The zero-order valence-electron chi connectivity index (χ0n) is 11.8. The minimum absolute atomic E-state index is 1.21. The molecule has 0 atom stereocenters. The number of halogens is 1. The molecule has 0 radical (unpaired) electrons. The summed E-state index contributed by atoms with van der Waals surface area (Å²) in [5.74, 6) is 0. The Morgan fingerprint density at radius 3 is 1.91 bits per heavy atom. The van der Waals surface area contributed by atoms with Crippen LogP contribution in [0.15, 0.2) is 66.7 Å². The Bertz CT molecular complexity index is 751. The van der Waals surface area contributed by atoms with Crippen molar-refractivity contribution >= 4 is 10.9 Å². The number of rotatable bonds is 1. The first kappa shape index (κ1) is 16.4. The van der Waals surface area contributed by atoms with E-state index >= 15 is 0 Å². The predicted molar refractivity (Wildman–Crippen MR) is 70.2 cm³/mol. The van der Waals surface area contributed by atoms with Crippen LogP contribution < -0.4 is 23.2 Å². The molecule has 3 aromatic rings. The highest BCUT2D eigenvalue weighted by atomic mass is 35.7. The smallest absolute Gasteiger partial charge is 0.218 e. The molecule has 0 saturated carbocycles. The van der Waals surface area contributed by atoms with Crippen molar-refractivity contribution in [1.29, 1.82) is 0 Å². The summed E-state index contributed by atoms with van der Waals surface area (Å²) < 4.78 is 36.3. The van der Waals surface area contributed by atoms with Crippen LogP contribution in [0, 0.1) is 17.2 Å². The second-order valence-electron chi connectivity index (χ2n) is 4.58. The van der Waals surface area contributed by atoms with Crippen molar-refractivity contribution in [2.24, 2.45) is 0 Å². The van der Waals surface area contributed by atoms with E-state index < -0.39 is 10.2 Å². The van der Waals surface area contributed by atoms with Crippen LogP contribution in [-0.4, -0.2) is 0 Å². The van der Waals surface area contributed by atoms with Crippen molar-refractivity contribution in [3.05, 3.63) is 72.4 Å². The number of benzene rings is 2. The Morgan fingerprint density at radius 2 is 1.27 bits per heavy atom. The molecular weight excluding hydrogens is 306 g/mol. The second-order valence-corrected chi connectivity index (χ2v) is 5.34. The van der Waals surface area contributed by atoms with Crippen LogP contribution in [0.2, 0.25) is 0 Å². The summed E-state index contributed by atoms with van der Waals surface area (Å²) in [5, 5.41) is 1.27. The lowest BCUT2D eigenvalue weighted by Crippen LogP contribution is -2.68. The number of fused-ring (bicyclic) bond motifs is 1. The first-order valence-corrected chi connectivity index (χ1v) is 7.67. The topological polar surface area (TPSA) is 96.1 Å². The van der Waals surface area contributed by atoms with Gasteiger partial charge in [0.25, 0.3) is 0 Å². The maximum atomic E-state index is 8.49. The lowest BCUT2D eigenvalue weighted by Gasteiger charge is -2.17. The molecule has 5 nitrogen and oxygen atoms in total. The molecule has 0 saturated heterocycles. The molecule has 6 heteroatoms. The number of nitrogens with zero attached hydrogens (tertiary/aromatic N) is 1. The molecular formula is C16H14ClNO4. The summed E-state index contributed by atoms with van der Waals surface area (Å²) in [5.41, 5.74) is 3.70. The van der Waals surface area contributed by atoms with Gasteiger partial charge in [0.2, 0.25) is 11.2 Å². The summed E-state index contributed by atoms with van der Waals surface area (Å²) >= 11 is 0. The Balaban J connectivity index is 0.000000309. The molecule has 22 heavy (non-hydrogen) atoms. The molecule has 114 valence electrons. The molecule has 0 spiro atoms. The van der Waals surface area contributed by atoms with Gasteiger partial charge in [-0.2, -0.15) is 4.57 Å². The monoisotopic (exact) mass is 319 g/mol. The Hall–Kier alpha value is -2.02. The highest BCUT2D eigenvalue weighted by Gasteiger charge is 2.14. The van der Waals surface area contributed by atoms with E-state index in [0.29, 0.717) is 0 Å². The van der Waals surface area contributed by atoms with Crippen LogP contribution in [-0.2, 0) is 0 Å². The average Bonchev–Trinajstić information content (AvgIpc) is 2.46. The van der Waals surface area contributed by atoms with E-state index in [1.165, 1.54) is 22.3 Å². The summed E-state index contributed by atoms with van der Waals surface area (Å²) in [4.78, 5) is 0. The molecule has 1 heterocycles. The maximum Gasteiger partial charge on any atom is 0.218 e. The maximum absolute atomic E-state index is 8.49. The third kappa shape index (κ3) is 4.49. The van der Waals surface area contributed by atoms with Gasteiger partial charge in [-0.15, -0.1) is 10.2 Å². The van der Waals surface area contributed by atoms with Gasteiger partial charge in [0.1, 0.15) is 0 Å². The van der Waals surface area contributed by atoms with Gasteiger partial charge in [0.05, 0.1) is 0 Å². The van der Waals surface area contributed by atoms with Crippen molar-refractivity contribution in [3.63, 3.8) is 0 Å². The zero-order valence-corrected chi connectivity index (χ0v) is 12.6. The van der Waals surface area contributed by atoms with Crippen molar-refractivity contribution in [3.8, 4) is 5.69 Å². The van der Waals surface area contributed by atoms with Gasteiger partial charge < -0.3 is 0 Å². The van der Waals surface area contributed by atoms with E-state index in [2.05, 4.69) is 72.2 Å². The van der Waals surface area contributed by atoms with Gasteiger partial charge in [0.15, 0.2) is 5.69 Å². The van der Waals surface area contributed by atoms with Gasteiger partial charge in [-0.25, -0.2) is 18.6 Å². The molecule has 0 unspecified atom stereocenters. The Kier molecular flexibility index (Phi) is 5.07. The fourth-order valence-corrected chi connectivity index (χ4v) is 2.23. The normalized spacial score (nSPS) is 11.0. The average molecular weight is 320 g/mol. The zero-order chi connectivity index (χ0) is 16.2. The molecule has 0 aliphatic carbocycles. The van der Waals surface area contributed by atoms with Crippen LogP contribution in [0.4, 0.5) is 0 Å². The van der Waals surface area contributed by atoms with Crippen LogP contribution in [0.25, 0.3) is 16.6 Å². The molecule has 0 N–H and O–H groups in total. The lowest BCUT2D eigenvalue weighted by atomic mass is 10.1. The lowest BCUT2D eigenvalue weighted by molar-refractivity contribution is -2.00. The third-order valence-electron chi connectivity index (χ3n) is 3.05. The van der Waals surface area contributed by atoms with Crippen molar-refractivity contribution in [1.82, 2.24) is 0 Å². The fraction of sp³-hybridized carbons (Fsp3) is 0.0625. The molecule has 2 aromatic carbocycles. The number of hydrogen-bond donors (Lipinski definition) is 0. The number of para-hydroxylation sites is 2. The standard InChI is InChI=1S/C16H14N.ClHO4/c1-13-11-12-14-7-5-6-10-16(14)17(13)15-8-3-2-4-9-15;2-1(3,4)5/h2-12H,1H3;(H,2,3,4,5)/q+1;/p-1. The van der Waals surface area contributed by atoms with Crippen LogP contribution in [0.1, 0.15) is 5.69 Å². The van der Waals surface area contributed by atoms with Crippen LogP contribution >= 0.6 is 0 Å². The highest BCUT2D eigenvalue weighted by Crippen LogP contribution is 2.13. The van der Waals surface area contributed by atoms with E-state index in [1.54, 1.807) is 0 Å². The first-order chi connectivity index (χ1) is 10.4. The van der Waals surface area contributed by atoms with Crippen molar-refractivity contribution in [2.45, 2.75) is 6.92 Å². The summed E-state index contributed by atoms with van der Waals surface area (Å²) in [6.45, 7) is 2.14. The van der Waals surface area contributed by atoms with E-state index in [1.807, 2.05) is 6.07 Å². The minimum atomic E-state index is -4.94. The number of aryl methyl sites for hydroxylation is 1. The second kappa shape index (κ2) is 6.83. The highest BCUT2D eigenvalue weighted by molar-refractivity contribution is 5.75. The minimum Gasteiger partial charge on any atom is -0.222 e. The van der Waals surface area contributed by atoms with Gasteiger partial charge in [-0.05, 0) is 12.1 Å². The van der Waals surface area contributed by atoms with Gasteiger partial charge in [-0.3, -0.25) is 0 Å². The molecule has 0 aliphatic heterocycles. The number of hydrogen-bond acceptors (Lipinski definition) is 4. The number of aromatic nitrogens is 1. The van der Waals surface area contributed by atoms with Gasteiger partial charge in [-0.1, -0.05) is 30.3 Å². The SMILES string of the molecule is Cc1ccc2ccccc2[n+]1-c1ccccc1.[O-][Cl+3]([O-])([O-])[O-]. The number of pyridine rings is 1. The van der Waals surface area contributed by atoms with Crippen LogP contribution in [0.3, 0.4) is 0 Å². The summed E-state index contributed by atoms with van der Waals surface area (Å²) in [6.07, 6.45) is 0. The molecule has 0 fully saturated rings.